The van der Waals surface area contributed by atoms with Crippen molar-refractivity contribution in [3.05, 3.63) is 46.0 Å². The van der Waals surface area contributed by atoms with E-state index in [-0.39, 0.29) is 28.0 Å². The second-order valence-electron chi connectivity index (χ2n) is 8.43. The van der Waals surface area contributed by atoms with E-state index in [4.69, 9.17) is 0 Å². The Kier molecular flexibility index (Phi) is 6.11. The first-order valence-corrected chi connectivity index (χ1v) is 12.6. The summed E-state index contributed by atoms with van der Waals surface area (Å²) in [4.78, 5) is 28.5. The van der Waals surface area contributed by atoms with Gasteiger partial charge in [0.05, 0.1) is 0 Å². The van der Waals surface area contributed by atoms with E-state index < -0.39 is 15.8 Å². The standard InChI is InChI=1S/C23H30N2O4S/c1-2-25(17-11-5-3-6-12-17)30(28,29)23-20(24-15-9-4-10-16-24)21(26)18-13-7-8-14-19(18)22(23)27/h7-8,13-14,17H,2-6,9-12,15-16H2,1H3. The van der Waals surface area contributed by atoms with Gasteiger partial charge in [0, 0.05) is 36.8 Å². The number of nitrogens with zero attached hydrogens (tertiary/aromatic N) is 2. The van der Waals surface area contributed by atoms with E-state index >= 15 is 0 Å². The maximum atomic E-state index is 13.9. The Labute approximate surface area is 179 Å². The van der Waals surface area contributed by atoms with Gasteiger partial charge in [0.15, 0.2) is 4.91 Å². The molecule has 162 valence electrons. The van der Waals surface area contributed by atoms with Crippen LogP contribution in [0.3, 0.4) is 0 Å². The molecule has 1 aliphatic heterocycles. The molecule has 0 amide bonds. The number of benzene rings is 1. The Morgan fingerprint density at radius 2 is 1.47 bits per heavy atom. The van der Waals surface area contributed by atoms with Crippen molar-refractivity contribution in [3.63, 3.8) is 0 Å². The van der Waals surface area contributed by atoms with E-state index in [1.807, 2.05) is 11.8 Å². The number of rotatable bonds is 5. The average molecular weight is 431 g/mol. The van der Waals surface area contributed by atoms with Gasteiger partial charge in [0.2, 0.25) is 21.6 Å². The number of carbonyl (C=O) groups is 2. The second-order valence-corrected chi connectivity index (χ2v) is 10.3. The molecule has 2 aliphatic carbocycles. The van der Waals surface area contributed by atoms with Crippen molar-refractivity contribution >= 4 is 21.6 Å². The first kappa shape index (κ1) is 21.2. The maximum Gasteiger partial charge on any atom is 0.249 e. The van der Waals surface area contributed by atoms with Crippen LogP contribution in [0.4, 0.5) is 0 Å². The van der Waals surface area contributed by atoms with Crippen LogP contribution in [0.5, 0.6) is 0 Å². The van der Waals surface area contributed by atoms with E-state index in [2.05, 4.69) is 0 Å². The SMILES string of the molecule is CCN(C1CCCCC1)S(=O)(=O)C1=C(N2CCCCC2)C(=O)c2ccccc2C1=O. The highest BCUT2D eigenvalue weighted by Gasteiger charge is 2.45. The zero-order valence-corrected chi connectivity index (χ0v) is 18.4. The third-order valence-corrected chi connectivity index (χ3v) is 8.65. The van der Waals surface area contributed by atoms with Gasteiger partial charge in [-0.15, -0.1) is 0 Å². The van der Waals surface area contributed by atoms with Crippen LogP contribution < -0.4 is 0 Å². The zero-order chi connectivity index (χ0) is 21.3. The molecule has 6 nitrogen and oxygen atoms in total. The number of sulfonamides is 1. The molecule has 1 aromatic rings. The first-order valence-electron chi connectivity index (χ1n) is 11.2. The number of allylic oxidation sites excluding steroid dienone is 2. The molecule has 0 spiro atoms. The van der Waals surface area contributed by atoms with E-state index in [9.17, 15) is 18.0 Å². The fourth-order valence-corrected chi connectivity index (χ4v) is 7.08. The van der Waals surface area contributed by atoms with Crippen LogP contribution in [0.15, 0.2) is 34.9 Å². The molecule has 1 saturated carbocycles. The molecule has 4 rings (SSSR count). The van der Waals surface area contributed by atoms with Crippen molar-refractivity contribution in [2.45, 2.75) is 64.3 Å². The summed E-state index contributed by atoms with van der Waals surface area (Å²) in [5.74, 6) is -0.884. The van der Waals surface area contributed by atoms with Crippen molar-refractivity contribution < 1.29 is 18.0 Å². The molecule has 0 aromatic heterocycles. The number of hydrogen-bond acceptors (Lipinski definition) is 5. The Balaban J connectivity index is 1.87. The molecular weight excluding hydrogens is 400 g/mol. The minimum absolute atomic E-state index is 0.0904. The molecule has 0 radical (unpaired) electrons. The average Bonchev–Trinajstić information content (AvgIpc) is 2.77. The summed E-state index contributed by atoms with van der Waals surface area (Å²) in [5.41, 5.74) is 0.594. The lowest BCUT2D eigenvalue weighted by Gasteiger charge is -2.37. The quantitative estimate of drug-likeness (QED) is 0.711. The minimum Gasteiger partial charge on any atom is -0.367 e. The molecule has 0 bridgehead atoms. The highest BCUT2D eigenvalue weighted by molar-refractivity contribution is 7.94. The third-order valence-electron chi connectivity index (χ3n) is 6.59. The highest BCUT2D eigenvalue weighted by atomic mass is 32.2. The molecule has 1 aromatic carbocycles. The van der Waals surface area contributed by atoms with Crippen LogP contribution >= 0.6 is 0 Å². The Morgan fingerprint density at radius 1 is 0.900 bits per heavy atom. The van der Waals surface area contributed by atoms with Crippen molar-refractivity contribution in [3.8, 4) is 0 Å². The van der Waals surface area contributed by atoms with Gasteiger partial charge in [-0.25, -0.2) is 8.42 Å². The van der Waals surface area contributed by atoms with Crippen molar-refractivity contribution in [1.29, 1.82) is 0 Å². The predicted octanol–water partition coefficient (Wildman–Crippen LogP) is 3.75. The summed E-state index contributed by atoms with van der Waals surface area (Å²) in [6.07, 6.45) is 7.53. The largest absolute Gasteiger partial charge is 0.367 e. The van der Waals surface area contributed by atoms with Gasteiger partial charge in [-0.1, -0.05) is 50.5 Å². The van der Waals surface area contributed by atoms with Crippen molar-refractivity contribution in [2.75, 3.05) is 19.6 Å². The molecule has 0 atom stereocenters. The van der Waals surface area contributed by atoms with Crippen molar-refractivity contribution in [1.82, 2.24) is 9.21 Å². The normalized spacial score (nSPS) is 21.3. The number of piperidine rings is 1. The lowest BCUT2D eigenvalue weighted by molar-refractivity contribution is 0.0938. The topological polar surface area (TPSA) is 74.8 Å². The molecule has 0 N–H and O–H groups in total. The first-order chi connectivity index (χ1) is 14.5. The number of hydrogen-bond donors (Lipinski definition) is 0. The van der Waals surface area contributed by atoms with E-state index in [1.54, 1.807) is 24.3 Å². The van der Waals surface area contributed by atoms with E-state index in [1.165, 1.54) is 4.31 Å². The van der Waals surface area contributed by atoms with Crippen LogP contribution in [-0.4, -0.2) is 54.9 Å². The summed E-state index contributed by atoms with van der Waals surface area (Å²) in [7, 11) is -4.10. The van der Waals surface area contributed by atoms with Gasteiger partial charge in [-0.2, -0.15) is 4.31 Å². The maximum absolute atomic E-state index is 13.9. The predicted molar refractivity (Wildman–Crippen MR) is 116 cm³/mol. The second kappa shape index (κ2) is 8.63. The molecule has 30 heavy (non-hydrogen) atoms. The van der Waals surface area contributed by atoms with Gasteiger partial charge < -0.3 is 4.90 Å². The van der Waals surface area contributed by atoms with Gasteiger partial charge in [0.25, 0.3) is 0 Å². The van der Waals surface area contributed by atoms with Crippen molar-refractivity contribution in [2.24, 2.45) is 0 Å². The smallest absolute Gasteiger partial charge is 0.249 e. The summed E-state index contributed by atoms with van der Waals surface area (Å²) in [6.45, 7) is 3.32. The number of fused-ring (bicyclic) bond motifs is 1. The summed E-state index contributed by atoms with van der Waals surface area (Å²) in [6, 6.07) is 6.48. The van der Waals surface area contributed by atoms with E-state index in [0.717, 1.165) is 51.4 Å². The summed E-state index contributed by atoms with van der Waals surface area (Å²) >= 11 is 0. The van der Waals surface area contributed by atoms with Gasteiger partial charge in [-0.05, 0) is 32.1 Å². The Morgan fingerprint density at radius 3 is 2.07 bits per heavy atom. The zero-order valence-electron chi connectivity index (χ0n) is 17.6. The molecule has 7 heteroatoms. The molecular formula is C23H30N2O4S. The molecule has 0 unspecified atom stereocenters. The lowest BCUT2D eigenvalue weighted by atomic mass is 9.91. The fourth-order valence-electron chi connectivity index (χ4n) is 5.09. The van der Waals surface area contributed by atoms with Crippen LogP contribution in [0.2, 0.25) is 0 Å². The highest BCUT2D eigenvalue weighted by Crippen LogP contribution is 2.36. The summed E-state index contributed by atoms with van der Waals surface area (Å²) < 4.78 is 29.3. The molecule has 1 saturated heterocycles. The van der Waals surface area contributed by atoms with Crippen LogP contribution in [0, 0.1) is 0 Å². The minimum atomic E-state index is -4.10. The molecule has 2 fully saturated rings. The molecule has 1 heterocycles. The van der Waals surface area contributed by atoms with Gasteiger partial charge >= 0.3 is 0 Å². The van der Waals surface area contributed by atoms with Gasteiger partial charge in [0.1, 0.15) is 5.70 Å². The summed E-state index contributed by atoms with van der Waals surface area (Å²) in [5, 5.41) is 0. The van der Waals surface area contributed by atoms with Gasteiger partial charge in [-0.3, -0.25) is 9.59 Å². The number of ketones is 2. The van der Waals surface area contributed by atoms with Crippen LogP contribution in [0.25, 0.3) is 0 Å². The number of likely N-dealkylation sites (tertiary alicyclic amines) is 1. The Hall–Kier alpha value is -1.99. The van der Waals surface area contributed by atoms with Crippen LogP contribution in [0.1, 0.15) is 79.0 Å². The number of Topliss-reactive ketones (excluding diaryl/α,β-unsaturated/α-hetero) is 2. The number of carbonyl (C=O) groups excluding carboxylic acids is 2. The fraction of sp³-hybridized carbons (Fsp3) is 0.565. The Bertz CT molecular complexity index is 971. The van der Waals surface area contributed by atoms with Crippen LogP contribution in [-0.2, 0) is 10.0 Å². The monoisotopic (exact) mass is 430 g/mol. The van der Waals surface area contributed by atoms with E-state index in [0.29, 0.717) is 25.2 Å². The molecule has 3 aliphatic rings. The lowest BCUT2D eigenvalue weighted by Crippen LogP contribution is -2.46. The third kappa shape index (κ3) is 3.62.